The number of hydrogen-bond donors (Lipinski definition) is 0. The molecule has 1 amide bonds. The Morgan fingerprint density at radius 1 is 1.00 bits per heavy atom. The molecule has 0 N–H and O–H groups in total. The van der Waals surface area contributed by atoms with Crippen molar-refractivity contribution in [2.45, 2.75) is 54.5 Å². The van der Waals surface area contributed by atoms with Gasteiger partial charge in [0.05, 0.1) is 22.4 Å². The van der Waals surface area contributed by atoms with Crippen molar-refractivity contribution in [3.63, 3.8) is 0 Å². The Labute approximate surface area is 142 Å². The molecule has 1 saturated carbocycles. The molecule has 2 aliphatic heterocycles. The number of benzene rings is 1. The molecule has 0 unspecified atom stereocenters. The van der Waals surface area contributed by atoms with Crippen molar-refractivity contribution >= 4 is 15.7 Å². The first-order valence-electron chi connectivity index (χ1n) is 8.77. The SMILES string of the molecule is O=C([C@@H]1CC[C@@H](S(=O)(=O)c2ccccc2)C1)N1C[C@H]2CC[C@@H](C1)O2. The molecule has 4 rings (SSSR count). The zero-order chi connectivity index (χ0) is 16.7. The van der Waals surface area contributed by atoms with Crippen molar-refractivity contribution in [1.29, 1.82) is 0 Å². The topological polar surface area (TPSA) is 63.7 Å². The van der Waals surface area contributed by atoms with Gasteiger partial charge in [-0.25, -0.2) is 8.42 Å². The van der Waals surface area contributed by atoms with Crippen LogP contribution in [0.1, 0.15) is 32.1 Å². The van der Waals surface area contributed by atoms with Gasteiger partial charge in [-0.2, -0.15) is 0 Å². The summed E-state index contributed by atoms with van der Waals surface area (Å²) in [5.74, 6) is -0.0352. The first kappa shape index (κ1) is 16.1. The summed E-state index contributed by atoms with van der Waals surface area (Å²) in [5, 5.41) is -0.438. The lowest BCUT2D eigenvalue weighted by molar-refractivity contribution is -0.144. The summed E-state index contributed by atoms with van der Waals surface area (Å²) in [7, 11) is -3.34. The molecule has 0 spiro atoms. The predicted molar refractivity (Wildman–Crippen MR) is 89.2 cm³/mol. The van der Waals surface area contributed by atoms with E-state index in [9.17, 15) is 13.2 Å². The number of nitrogens with zero attached hydrogens (tertiary/aromatic N) is 1. The maximum Gasteiger partial charge on any atom is 0.225 e. The Balaban J connectivity index is 1.44. The minimum absolute atomic E-state index is 0.126. The van der Waals surface area contributed by atoms with Gasteiger partial charge in [-0.15, -0.1) is 0 Å². The third kappa shape index (κ3) is 2.86. The average molecular weight is 349 g/mol. The number of amides is 1. The maximum atomic E-state index is 12.8. The molecule has 3 fully saturated rings. The number of morpholine rings is 1. The van der Waals surface area contributed by atoms with Crippen molar-refractivity contribution in [3.05, 3.63) is 30.3 Å². The second kappa shape index (κ2) is 6.15. The number of carbonyl (C=O) groups is 1. The van der Waals surface area contributed by atoms with Crippen molar-refractivity contribution in [3.8, 4) is 0 Å². The summed E-state index contributed by atoms with van der Waals surface area (Å²) >= 11 is 0. The standard InChI is InChI=1S/C18H23NO4S/c20-18(19-11-14-7-8-15(12-19)23-14)13-6-9-17(10-13)24(21,22)16-4-2-1-3-5-16/h1-5,13-15,17H,6-12H2/t13-,14-,15+,17-/m1/s1. The normalized spacial score (nSPS) is 32.9. The monoisotopic (exact) mass is 349 g/mol. The van der Waals surface area contributed by atoms with Crippen LogP contribution in [0.15, 0.2) is 35.2 Å². The molecular formula is C18H23NO4S. The molecule has 0 aromatic heterocycles. The van der Waals surface area contributed by atoms with Gasteiger partial charge in [-0.3, -0.25) is 4.79 Å². The third-order valence-corrected chi connectivity index (χ3v) is 7.83. The quantitative estimate of drug-likeness (QED) is 0.837. The molecule has 2 saturated heterocycles. The summed E-state index contributed by atoms with van der Waals surface area (Å²) in [4.78, 5) is 15.1. The van der Waals surface area contributed by atoms with Gasteiger partial charge in [-0.05, 0) is 44.2 Å². The zero-order valence-corrected chi connectivity index (χ0v) is 14.5. The average Bonchev–Trinajstić information content (AvgIpc) is 3.22. The fourth-order valence-corrected chi connectivity index (χ4v) is 6.16. The molecule has 2 heterocycles. The summed E-state index contributed by atoms with van der Waals surface area (Å²) in [6.45, 7) is 1.34. The molecule has 2 bridgehead atoms. The van der Waals surface area contributed by atoms with Crippen LogP contribution in [-0.2, 0) is 19.4 Å². The Hall–Kier alpha value is -1.40. The van der Waals surface area contributed by atoms with Gasteiger partial charge >= 0.3 is 0 Å². The lowest BCUT2D eigenvalue weighted by Crippen LogP contribution is -2.47. The first-order chi connectivity index (χ1) is 11.5. The van der Waals surface area contributed by atoms with Crippen molar-refractivity contribution < 1.29 is 17.9 Å². The van der Waals surface area contributed by atoms with Gasteiger partial charge in [-0.1, -0.05) is 18.2 Å². The van der Waals surface area contributed by atoms with Gasteiger partial charge in [0.2, 0.25) is 5.91 Å². The molecular weight excluding hydrogens is 326 g/mol. The van der Waals surface area contributed by atoms with Crippen LogP contribution in [0.5, 0.6) is 0 Å². The van der Waals surface area contributed by atoms with Gasteiger partial charge in [0.1, 0.15) is 0 Å². The lowest BCUT2D eigenvalue weighted by Gasteiger charge is -2.33. The van der Waals surface area contributed by atoms with Gasteiger partial charge < -0.3 is 9.64 Å². The van der Waals surface area contributed by atoms with E-state index in [0.717, 1.165) is 12.8 Å². The third-order valence-electron chi connectivity index (χ3n) is 5.60. The maximum absolute atomic E-state index is 12.8. The highest BCUT2D eigenvalue weighted by Gasteiger charge is 2.42. The fraction of sp³-hybridized carbons (Fsp3) is 0.611. The van der Waals surface area contributed by atoms with Crippen LogP contribution >= 0.6 is 0 Å². The summed E-state index contributed by atoms with van der Waals surface area (Å²) in [6.07, 6.45) is 4.11. The smallest absolute Gasteiger partial charge is 0.225 e. The number of fused-ring (bicyclic) bond motifs is 2. The highest BCUT2D eigenvalue weighted by Crippen LogP contribution is 2.36. The molecule has 6 heteroatoms. The summed E-state index contributed by atoms with van der Waals surface area (Å²) in [5.41, 5.74) is 0. The highest BCUT2D eigenvalue weighted by molar-refractivity contribution is 7.92. The highest BCUT2D eigenvalue weighted by atomic mass is 32.2. The van der Waals surface area contributed by atoms with E-state index in [0.29, 0.717) is 37.2 Å². The number of likely N-dealkylation sites (tertiary alicyclic amines) is 1. The van der Waals surface area contributed by atoms with E-state index < -0.39 is 15.1 Å². The van der Waals surface area contributed by atoms with E-state index in [1.807, 2.05) is 11.0 Å². The number of ether oxygens (including phenoxy) is 1. The van der Waals surface area contributed by atoms with E-state index >= 15 is 0 Å². The lowest BCUT2D eigenvalue weighted by atomic mass is 10.1. The van der Waals surface area contributed by atoms with Crippen LogP contribution in [0.25, 0.3) is 0 Å². The van der Waals surface area contributed by atoms with Crippen LogP contribution in [0.2, 0.25) is 0 Å². The molecule has 1 aromatic carbocycles. The van der Waals surface area contributed by atoms with Gasteiger partial charge in [0, 0.05) is 19.0 Å². The van der Waals surface area contributed by atoms with Crippen molar-refractivity contribution in [2.24, 2.45) is 5.92 Å². The van der Waals surface area contributed by atoms with Crippen LogP contribution in [0, 0.1) is 5.92 Å². The molecule has 1 aliphatic carbocycles. The molecule has 1 aromatic rings. The largest absolute Gasteiger partial charge is 0.371 e. The molecule has 24 heavy (non-hydrogen) atoms. The minimum atomic E-state index is -3.34. The second-order valence-electron chi connectivity index (χ2n) is 7.19. The van der Waals surface area contributed by atoms with E-state index in [-0.39, 0.29) is 24.0 Å². The summed E-state index contributed by atoms with van der Waals surface area (Å²) in [6, 6.07) is 8.59. The second-order valence-corrected chi connectivity index (χ2v) is 9.42. The fourth-order valence-electron chi connectivity index (χ4n) is 4.30. The van der Waals surface area contributed by atoms with Gasteiger partial charge in [0.15, 0.2) is 9.84 Å². The molecule has 4 atom stereocenters. The Morgan fingerprint density at radius 3 is 2.33 bits per heavy atom. The van der Waals surface area contributed by atoms with E-state index in [1.54, 1.807) is 24.3 Å². The van der Waals surface area contributed by atoms with E-state index in [4.69, 9.17) is 4.74 Å². The Morgan fingerprint density at radius 2 is 1.67 bits per heavy atom. The van der Waals surface area contributed by atoms with Crippen LogP contribution in [-0.4, -0.2) is 49.8 Å². The number of rotatable bonds is 3. The van der Waals surface area contributed by atoms with Crippen molar-refractivity contribution in [2.75, 3.05) is 13.1 Å². The first-order valence-corrected chi connectivity index (χ1v) is 10.3. The van der Waals surface area contributed by atoms with E-state index in [2.05, 4.69) is 0 Å². The van der Waals surface area contributed by atoms with E-state index in [1.165, 1.54) is 0 Å². The van der Waals surface area contributed by atoms with Crippen LogP contribution in [0.4, 0.5) is 0 Å². The van der Waals surface area contributed by atoms with Crippen LogP contribution in [0.3, 0.4) is 0 Å². The Bertz CT molecular complexity index is 706. The molecule has 0 radical (unpaired) electrons. The number of carbonyl (C=O) groups excluding carboxylic acids is 1. The molecule has 5 nitrogen and oxygen atoms in total. The Kier molecular flexibility index (Phi) is 4.12. The van der Waals surface area contributed by atoms with Crippen LogP contribution < -0.4 is 0 Å². The summed E-state index contributed by atoms with van der Waals surface area (Å²) < 4.78 is 31.3. The molecule has 3 aliphatic rings. The number of sulfone groups is 1. The van der Waals surface area contributed by atoms with Gasteiger partial charge in [0.25, 0.3) is 0 Å². The number of hydrogen-bond acceptors (Lipinski definition) is 4. The minimum Gasteiger partial charge on any atom is -0.371 e. The van der Waals surface area contributed by atoms with Crippen molar-refractivity contribution in [1.82, 2.24) is 4.90 Å². The predicted octanol–water partition coefficient (Wildman–Crippen LogP) is 2.02. The molecule has 130 valence electrons. The zero-order valence-electron chi connectivity index (χ0n) is 13.6.